The van der Waals surface area contributed by atoms with Crippen LogP contribution in [0.3, 0.4) is 0 Å². The van der Waals surface area contributed by atoms with Crippen molar-refractivity contribution in [3.63, 3.8) is 0 Å². The molecule has 0 bridgehead atoms. The van der Waals surface area contributed by atoms with Crippen molar-refractivity contribution in [2.45, 2.75) is 54.2 Å². The third kappa shape index (κ3) is 4.09. The fourth-order valence-corrected chi connectivity index (χ4v) is 4.20. The van der Waals surface area contributed by atoms with Crippen molar-refractivity contribution in [1.29, 1.82) is 0 Å². The normalized spacial score (nSPS) is 13.7. The molecule has 1 N–H and O–H groups in total. The van der Waals surface area contributed by atoms with Gasteiger partial charge < -0.3 is 0 Å². The van der Waals surface area contributed by atoms with Gasteiger partial charge in [0.15, 0.2) is 0 Å². The molecule has 1 nitrogen and oxygen atoms in total. The Morgan fingerprint density at radius 1 is 0.737 bits per heavy atom. The van der Waals surface area contributed by atoms with E-state index in [9.17, 15) is 5.11 Å². The van der Waals surface area contributed by atoms with Crippen molar-refractivity contribution < 1.29 is 5.11 Å². The average molecular weight is 448 g/mol. The van der Waals surface area contributed by atoms with Crippen LogP contribution in [-0.2, 0) is 12.6 Å². The van der Waals surface area contributed by atoms with E-state index in [0.29, 0.717) is 5.75 Å². The SMILES string of the molecule is CC(C)([AsH2])c1ccc(O)c(C(C)(C)[AsH2])c1C(C)(C)[AsH2]. The van der Waals surface area contributed by atoms with Crippen LogP contribution in [0.5, 0.6) is 5.75 Å². The van der Waals surface area contributed by atoms with Gasteiger partial charge in [0.05, 0.1) is 0 Å². The molecule has 19 heavy (non-hydrogen) atoms. The van der Waals surface area contributed by atoms with Crippen molar-refractivity contribution in [1.82, 2.24) is 0 Å². The topological polar surface area (TPSA) is 20.2 Å². The summed E-state index contributed by atoms with van der Waals surface area (Å²) in [6.07, 6.45) is 0. The molecule has 0 aliphatic carbocycles. The van der Waals surface area contributed by atoms with E-state index in [-0.39, 0.29) is 12.6 Å². The number of phenolic OH excluding ortho intramolecular Hbond substituents is 1. The number of hydrogen-bond donors (Lipinski definition) is 1. The Morgan fingerprint density at radius 3 is 1.47 bits per heavy atom. The molecule has 1 aromatic carbocycles. The van der Waals surface area contributed by atoms with E-state index in [0.717, 1.165) is 5.56 Å². The summed E-state index contributed by atoms with van der Waals surface area (Å²) in [5.41, 5.74) is 3.89. The summed E-state index contributed by atoms with van der Waals surface area (Å²) in [5, 5.41) is 10.4. The van der Waals surface area contributed by atoms with Gasteiger partial charge in [-0.25, -0.2) is 0 Å². The Labute approximate surface area is 143 Å². The molecule has 0 aliphatic rings. The predicted octanol–water partition coefficient (Wildman–Crippen LogP) is 0.997. The van der Waals surface area contributed by atoms with Gasteiger partial charge >= 0.3 is 144 Å². The Kier molecular flexibility index (Phi) is 5.11. The molecule has 0 aliphatic heterocycles. The first-order valence-electron chi connectivity index (χ1n) is 6.50. The zero-order chi connectivity index (χ0) is 15.2. The van der Waals surface area contributed by atoms with Crippen molar-refractivity contribution in [3.8, 4) is 5.75 Å². The summed E-state index contributed by atoms with van der Waals surface area (Å²) in [7, 11) is 0. The molecule has 0 amide bonds. The first-order chi connectivity index (χ1) is 8.26. The van der Waals surface area contributed by atoms with Gasteiger partial charge in [0.1, 0.15) is 0 Å². The van der Waals surface area contributed by atoms with Crippen LogP contribution in [0, 0.1) is 0 Å². The molecule has 0 radical (unpaired) electrons. The number of benzene rings is 1. The van der Waals surface area contributed by atoms with Crippen LogP contribution in [0.2, 0.25) is 0 Å². The fraction of sp³-hybridized carbons (Fsp3) is 0.600. The molecule has 0 fully saturated rings. The van der Waals surface area contributed by atoms with Crippen LogP contribution in [0.25, 0.3) is 0 Å². The number of phenols is 1. The molecule has 108 valence electrons. The van der Waals surface area contributed by atoms with Gasteiger partial charge in [0, 0.05) is 0 Å². The van der Waals surface area contributed by atoms with E-state index in [1.807, 2.05) is 6.07 Å². The van der Waals surface area contributed by atoms with E-state index < -0.39 is 0 Å². The Morgan fingerprint density at radius 2 is 1.16 bits per heavy atom. The van der Waals surface area contributed by atoms with Crippen molar-refractivity contribution in [3.05, 3.63) is 28.8 Å². The summed E-state index contributed by atoms with van der Waals surface area (Å²) in [5.74, 6) is 0.454. The van der Waals surface area contributed by atoms with Crippen LogP contribution in [0.1, 0.15) is 58.2 Å². The van der Waals surface area contributed by atoms with Crippen molar-refractivity contribution in [2.75, 3.05) is 0 Å². The van der Waals surface area contributed by atoms with Gasteiger partial charge in [-0.15, -0.1) is 0 Å². The number of aromatic hydroxyl groups is 1. The molecule has 0 aromatic heterocycles. The fourth-order valence-electron chi connectivity index (χ4n) is 2.45. The predicted molar refractivity (Wildman–Crippen MR) is 92.8 cm³/mol. The van der Waals surface area contributed by atoms with Gasteiger partial charge in [-0.2, -0.15) is 0 Å². The van der Waals surface area contributed by atoms with Gasteiger partial charge in [0.2, 0.25) is 0 Å². The molecular weight excluding hydrogens is 421 g/mol. The second kappa shape index (κ2) is 5.48. The average Bonchev–Trinajstić information content (AvgIpc) is 2.11. The Balaban J connectivity index is 3.82. The molecule has 3 atom stereocenters. The van der Waals surface area contributed by atoms with E-state index in [2.05, 4.69) is 47.6 Å². The second-order valence-electron chi connectivity index (χ2n) is 7.05. The minimum absolute atomic E-state index is 0.0179. The Hall–Kier alpha value is 0.695. The quantitative estimate of drug-likeness (QED) is 0.685. The maximum atomic E-state index is 10.4. The van der Waals surface area contributed by atoms with E-state index in [1.54, 1.807) is 50.6 Å². The number of rotatable bonds is 3. The second-order valence-corrected chi connectivity index (χ2v) is 16.1. The molecule has 1 aromatic rings. The van der Waals surface area contributed by atoms with E-state index in [1.165, 1.54) is 11.1 Å². The van der Waals surface area contributed by atoms with Crippen molar-refractivity contribution >= 4 is 50.6 Å². The molecule has 4 heteroatoms. The molecular formula is C15H27As3O. The molecule has 0 saturated carbocycles. The minimum atomic E-state index is 0.0179. The first-order valence-corrected chi connectivity index (χ1v) is 10.1. The van der Waals surface area contributed by atoms with Gasteiger partial charge in [-0.3, -0.25) is 0 Å². The van der Waals surface area contributed by atoms with Crippen LogP contribution < -0.4 is 0 Å². The van der Waals surface area contributed by atoms with Crippen molar-refractivity contribution in [2.24, 2.45) is 0 Å². The zero-order valence-corrected chi connectivity index (χ0v) is 20.1. The van der Waals surface area contributed by atoms with Crippen LogP contribution >= 0.6 is 0 Å². The number of hydrogen-bond acceptors (Lipinski definition) is 1. The first kappa shape index (κ1) is 17.7. The van der Waals surface area contributed by atoms with Gasteiger partial charge in [-0.1, -0.05) is 0 Å². The summed E-state index contributed by atoms with van der Waals surface area (Å²) in [4.78, 5) is 0. The summed E-state index contributed by atoms with van der Waals surface area (Å²) in [6.45, 7) is 13.5. The third-order valence-corrected chi connectivity index (χ3v) is 5.03. The van der Waals surface area contributed by atoms with Crippen LogP contribution in [0.4, 0.5) is 0 Å². The molecule has 0 spiro atoms. The van der Waals surface area contributed by atoms with E-state index in [4.69, 9.17) is 0 Å². The Bertz CT molecular complexity index is 474. The van der Waals surface area contributed by atoms with Crippen LogP contribution in [0.15, 0.2) is 12.1 Å². The summed E-state index contributed by atoms with van der Waals surface area (Å²) in [6, 6.07) is 4.01. The van der Waals surface area contributed by atoms with Crippen LogP contribution in [-0.4, -0.2) is 55.7 Å². The molecule has 3 unspecified atom stereocenters. The molecule has 0 heterocycles. The monoisotopic (exact) mass is 448 g/mol. The molecule has 0 saturated heterocycles. The zero-order valence-electron chi connectivity index (χ0n) is 12.8. The summed E-state index contributed by atoms with van der Waals surface area (Å²) >= 11 is 5.12. The maximum absolute atomic E-state index is 10.4. The summed E-state index contributed by atoms with van der Waals surface area (Å²) < 4.78 is 0.277. The van der Waals surface area contributed by atoms with Gasteiger partial charge in [0.25, 0.3) is 0 Å². The van der Waals surface area contributed by atoms with Gasteiger partial charge in [-0.05, 0) is 0 Å². The molecule has 1 rings (SSSR count). The standard InChI is InChI=1S/C15H27As3O/c1-13(2,16)9-7-8-10(19)12(15(5,6)18)11(9)14(3,4)17/h7-8,19H,16-18H2,1-6H3. The third-order valence-electron chi connectivity index (χ3n) is 3.17. The van der Waals surface area contributed by atoms with E-state index >= 15 is 0 Å².